The molecule has 0 spiro atoms. The lowest BCUT2D eigenvalue weighted by molar-refractivity contribution is 0.102. The van der Waals surface area contributed by atoms with Crippen LogP contribution >= 0.6 is 11.3 Å². The zero-order valence-corrected chi connectivity index (χ0v) is 21.6. The third-order valence-corrected chi connectivity index (χ3v) is 9.13. The summed E-state index contributed by atoms with van der Waals surface area (Å²) in [5.74, 6) is 0.973. The van der Waals surface area contributed by atoms with E-state index < -0.39 is 10.0 Å². The van der Waals surface area contributed by atoms with Gasteiger partial charge in [0.2, 0.25) is 10.0 Å². The molecule has 0 bridgehead atoms. The molecule has 0 saturated heterocycles. The van der Waals surface area contributed by atoms with Gasteiger partial charge in [0.1, 0.15) is 21.5 Å². The van der Waals surface area contributed by atoms with Crippen LogP contribution in [0.3, 0.4) is 0 Å². The molecule has 35 heavy (non-hydrogen) atoms. The number of amides is 1. The summed E-state index contributed by atoms with van der Waals surface area (Å²) >= 11 is 1.30. The second-order valence-corrected chi connectivity index (χ2v) is 11.4. The molecule has 0 unspecified atom stereocenters. The summed E-state index contributed by atoms with van der Waals surface area (Å²) in [6.07, 6.45) is 6.60. The van der Waals surface area contributed by atoms with Crippen LogP contribution in [-0.2, 0) is 10.0 Å². The molecular formula is C25H29N3O5S2. The van der Waals surface area contributed by atoms with Crippen molar-refractivity contribution >= 4 is 32.3 Å². The van der Waals surface area contributed by atoms with E-state index in [9.17, 15) is 13.2 Å². The highest BCUT2D eigenvalue weighted by atomic mass is 32.2. The Balaban J connectivity index is 1.46. The smallest absolute Gasteiger partial charge is 0.256 e. The second kappa shape index (κ2) is 10.8. The third kappa shape index (κ3) is 5.50. The lowest BCUT2D eigenvalue weighted by Gasteiger charge is -2.30. The van der Waals surface area contributed by atoms with E-state index >= 15 is 0 Å². The fraction of sp³-hybridized carbons (Fsp3) is 0.360. The van der Waals surface area contributed by atoms with Gasteiger partial charge in [-0.15, -0.1) is 0 Å². The van der Waals surface area contributed by atoms with Crippen LogP contribution in [0.25, 0.3) is 10.6 Å². The largest absolute Gasteiger partial charge is 0.497 e. The lowest BCUT2D eigenvalue weighted by Crippen LogP contribution is -2.38. The molecule has 1 amide bonds. The maximum atomic E-state index is 13.0. The molecule has 4 rings (SSSR count). The summed E-state index contributed by atoms with van der Waals surface area (Å²) < 4.78 is 38.3. The predicted molar refractivity (Wildman–Crippen MR) is 137 cm³/mol. The van der Waals surface area contributed by atoms with Crippen LogP contribution in [0.4, 0.5) is 5.00 Å². The minimum Gasteiger partial charge on any atom is -0.497 e. The van der Waals surface area contributed by atoms with Gasteiger partial charge in [0.25, 0.3) is 5.91 Å². The molecule has 2 aromatic carbocycles. The molecule has 1 N–H and O–H groups in total. The summed E-state index contributed by atoms with van der Waals surface area (Å²) in [4.78, 5) is 17.4. The van der Waals surface area contributed by atoms with E-state index in [0.29, 0.717) is 27.1 Å². The first kappa shape index (κ1) is 25.2. The number of sulfonamides is 1. The molecule has 1 aromatic heterocycles. The van der Waals surface area contributed by atoms with Crippen molar-refractivity contribution in [3.05, 3.63) is 54.2 Å². The average Bonchev–Trinajstić information content (AvgIpc) is 3.36. The zero-order valence-electron chi connectivity index (χ0n) is 20.0. The van der Waals surface area contributed by atoms with Gasteiger partial charge >= 0.3 is 0 Å². The highest BCUT2D eigenvalue weighted by Crippen LogP contribution is 2.37. The zero-order chi connectivity index (χ0) is 25.0. The quantitative estimate of drug-likeness (QED) is 0.452. The number of ether oxygens (including phenoxy) is 2. The molecular weight excluding hydrogens is 486 g/mol. The standard InChI is InChI=1S/C25H29N3O5S2/c1-28(18-7-5-4-6-8-18)35(30,31)20-12-9-17(10-13-20)24(29)27-23-16-26-25(34-23)21-15-19(32-2)11-14-22(21)33-3/h9-16,18H,4-8H2,1-3H3,(H,27,29). The number of nitrogens with one attached hydrogen (secondary N) is 1. The molecule has 0 radical (unpaired) electrons. The van der Waals surface area contributed by atoms with Crippen molar-refractivity contribution in [1.82, 2.24) is 9.29 Å². The summed E-state index contributed by atoms with van der Waals surface area (Å²) in [5.41, 5.74) is 1.12. The number of rotatable bonds is 8. The Morgan fingerprint density at radius 1 is 1.06 bits per heavy atom. The first-order valence-electron chi connectivity index (χ1n) is 11.4. The highest BCUT2D eigenvalue weighted by Gasteiger charge is 2.29. The molecule has 1 saturated carbocycles. The second-order valence-electron chi connectivity index (χ2n) is 8.39. The minimum atomic E-state index is -3.61. The topological polar surface area (TPSA) is 97.8 Å². The average molecular weight is 516 g/mol. The van der Waals surface area contributed by atoms with Gasteiger partial charge in [-0.25, -0.2) is 13.4 Å². The van der Waals surface area contributed by atoms with E-state index in [2.05, 4.69) is 10.3 Å². The maximum absolute atomic E-state index is 13.0. The van der Waals surface area contributed by atoms with Crippen molar-refractivity contribution in [3.63, 3.8) is 0 Å². The number of anilines is 1. The SMILES string of the molecule is COc1ccc(OC)c(-c2ncc(NC(=O)c3ccc(S(=O)(=O)N(C)C4CCCCC4)cc3)s2)c1. The van der Waals surface area contributed by atoms with Gasteiger partial charge < -0.3 is 14.8 Å². The number of methoxy groups -OCH3 is 2. The van der Waals surface area contributed by atoms with Crippen molar-refractivity contribution < 1.29 is 22.7 Å². The molecule has 0 aliphatic heterocycles. The minimum absolute atomic E-state index is 0.0282. The number of benzene rings is 2. The van der Waals surface area contributed by atoms with Gasteiger partial charge in [-0.2, -0.15) is 4.31 Å². The molecule has 1 heterocycles. The molecule has 8 nitrogen and oxygen atoms in total. The van der Waals surface area contributed by atoms with Crippen LogP contribution in [0.2, 0.25) is 0 Å². The fourth-order valence-electron chi connectivity index (χ4n) is 4.21. The van der Waals surface area contributed by atoms with E-state index in [4.69, 9.17) is 9.47 Å². The lowest BCUT2D eigenvalue weighted by atomic mass is 9.96. The Bertz CT molecular complexity index is 1280. The van der Waals surface area contributed by atoms with Crippen LogP contribution in [0, 0.1) is 0 Å². The maximum Gasteiger partial charge on any atom is 0.256 e. The van der Waals surface area contributed by atoms with E-state index in [-0.39, 0.29) is 16.8 Å². The number of thiazole rings is 1. The summed E-state index contributed by atoms with van der Waals surface area (Å²) in [5, 5.41) is 4.06. The van der Waals surface area contributed by atoms with Crippen LogP contribution in [0.15, 0.2) is 53.6 Å². The molecule has 3 aromatic rings. The Hall–Kier alpha value is -2.95. The van der Waals surface area contributed by atoms with E-state index in [1.54, 1.807) is 39.6 Å². The van der Waals surface area contributed by atoms with Crippen molar-refractivity contribution in [2.45, 2.75) is 43.0 Å². The van der Waals surface area contributed by atoms with Gasteiger partial charge in [-0.1, -0.05) is 30.6 Å². The Kier molecular flexibility index (Phi) is 7.73. The highest BCUT2D eigenvalue weighted by molar-refractivity contribution is 7.89. The molecule has 1 fully saturated rings. The Labute approximate surface area is 210 Å². The molecule has 1 aliphatic rings. The molecule has 1 aliphatic carbocycles. The molecule has 10 heteroatoms. The van der Waals surface area contributed by atoms with Gasteiger partial charge in [0.15, 0.2) is 0 Å². The van der Waals surface area contributed by atoms with Gasteiger partial charge in [0.05, 0.1) is 30.9 Å². The van der Waals surface area contributed by atoms with Gasteiger partial charge in [0, 0.05) is 18.7 Å². The van der Waals surface area contributed by atoms with Gasteiger partial charge in [-0.3, -0.25) is 4.79 Å². The predicted octanol–water partition coefficient (Wildman–Crippen LogP) is 5.03. The first-order chi connectivity index (χ1) is 16.8. The van der Waals surface area contributed by atoms with Crippen LogP contribution in [-0.4, -0.2) is 50.9 Å². The number of carbonyl (C=O) groups is 1. The van der Waals surface area contributed by atoms with Crippen LogP contribution < -0.4 is 14.8 Å². The van der Waals surface area contributed by atoms with Crippen molar-refractivity contribution in [2.24, 2.45) is 0 Å². The van der Waals surface area contributed by atoms with Crippen LogP contribution in [0.1, 0.15) is 42.5 Å². The first-order valence-corrected chi connectivity index (χ1v) is 13.7. The van der Waals surface area contributed by atoms with Crippen molar-refractivity contribution in [2.75, 3.05) is 26.6 Å². The van der Waals surface area contributed by atoms with Crippen molar-refractivity contribution in [1.29, 1.82) is 0 Å². The summed E-state index contributed by atoms with van der Waals surface area (Å²) in [7, 11) is 1.20. The molecule has 0 atom stereocenters. The number of nitrogens with zero attached hydrogens (tertiary/aromatic N) is 2. The van der Waals surface area contributed by atoms with E-state index in [1.165, 1.54) is 39.9 Å². The monoisotopic (exact) mass is 515 g/mol. The summed E-state index contributed by atoms with van der Waals surface area (Å²) in [6, 6.07) is 11.5. The Morgan fingerprint density at radius 2 is 1.77 bits per heavy atom. The third-order valence-electron chi connectivity index (χ3n) is 6.26. The van der Waals surface area contributed by atoms with E-state index in [0.717, 1.165) is 37.7 Å². The van der Waals surface area contributed by atoms with E-state index in [1.807, 2.05) is 6.07 Å². The van der Waals surface area contributed by atoms with Crippen molar-refractivity contribution in [3.8, 4) is 22.1 Å². The number of carbonyl (C=O) groups excluding carboxylic acids is 1. The van der Waals surface area contributed by atoms with Crippen LogP contribution in [0.5, 0.6) is 11.5 Å². The normalized spacial score (nSPS) is 14.6. The number of hydrogen-bond donors (Lipinski definition) is 1. The fourth-order valence-corrected chi connectivity index (χ4v) is 6.46. The number of aromatic nitrogens is 1. The van der Waals surface area contributed by atoms with Gasteiger partial charge in [-0.05, 0) is 55.3 Å². The Morgan fingerprint density at radius 3 is 2.43 bits per heavy atom. The number of hydrogen-bond acceptors (Lipinski definition) is 7. The summed E-state index contributed by atoms with van der Waals surface area (Å²) in [6.45, 7) is 0. The molecule has 186 valence electrons.